The van der Waals surface area contributed by atoms with E-state index in [9.17, 15) is 14.4 Å². The van der Waals surface area contributed by atoms with Gasteiger partial charge in [-0.15, -0.1) is 0 Å². The Kier molecular flexibility index (Phi) is 4.56. The molecule has 2 N–H and O–H groups in total. The monoisotopic (exact) mass is 382 g/mol. The number of nitrogens with one attached hydrogen (secondary N) is 2. The molecule has 0 aliphatic heterocycles. The van der Waals surface area contributed by atoms with Crippen LogP contribution in [0.15, 0.2) is 78.9 Å². The highest BCUT2D eigenvalue weighted by Gasteiger charge is 2.34. The van der Waals surface area contributed by atoms with Crippen LogP contribution in [0.4, 0.5) is 17.1 Å². The molecular weight excluding hydrogens is 364 g/mol. The largest absolute Gasteiger partial charge is 0.355 e. The Balaban J connectivity index is 1.91. The van der Waals surface area contributed by atoms with Crippen molar-refractivity contribution in [2.45, 2.75) is 6.92 Å². The zero-order valence-corrected chi connectivity index (χ0v) is 15.8. The first-order valence-corrected chi connectivity index (χ1v) is 9.11. The summed E-state index contributed by atoms with van der Waals surface area (Å²) in [5.41, 5.74) is 3.00. The summed E-state index contributed by atoms with van der Waals surface area (Å²) < 4.78 is 0. The van der Waals surface area contributed by atoms with E-state index in [1.807, 2.05) is 30.3 Å². The van der Waals surface area contributed by atoms with Crippen molar-refractivity contribution in [3.05, 3.63) is 101 Å². The van der Waals surface area contributed by atoms with Crippen molar-refractivity contribution >= 4 is 34.5 Å². The third kappa shape index (κ3) is 3.23. The van der Waals surface area contributed by atoms with Gasteiger partial charge in [0, 0.05) is 22.4 Å². The van der Waals surface area contributed by atoms with Gasteiger partial charge in [-0.05, 0) is 31.2 Å². The number of para-hydroxylation sites is 1. The predicted octanol–water partition coefficient (Wildman–Crippen LogP) is 4.72. The molecule has 0 spiro atoms. The van der Waals surface area contributed by atoms with Gasteiger partial charge in [0.2, 0.25) is 0 Å². The number of ketones is 2. The van der Waals surface area contributed by atoms with Crippen LogP contribution in [0, 0.1) is 0 Å². The van der Waals surface area contributed by atoms with Crippen LogP contribution in [-0.4, -0.2) is 17.5 Å². The van der Waals surface area contributed by atoms with Gasteiger partial charge in [-0.3, -0.25) is 14.4 Å². The van der Waals surface area contributed by atoms with Crippen molar-refractivity contribution in [1.29, 1.82) is 0 Å². The Morgan fingerprint density at radius 3 is 1.86 bits per heavy atom. The Morgan fingerprint density at radius 2 is 1.28 bits per heavy atom. The summed E-state index contributed by atoms with van der Waals surface area (Å²) in [7, 11) is 0. The molecule has 0 saturated carbocycles. The van der Waals surface area contributed by atoms with Crippen molar-refractivity contribution in [1.82, 2.24) is 0 Å². The zero-order chi connectivity index (χ0) is 20.5. The van der Waals surface area contributed by atoms with Gasteiger partial charge < -0.3 is 10.6 Å². The van der Waals surface area contributed by atoms with E-state index >= 15 is 0 Å². The number of fused-ring (bicyclic) bond motifs is 2. The first-order valence-electron chi connectivity index (χ1n) is 9.11. The van der Waals surface area contributed by atoms with Crippen molar-refractivity contribution in [2.24, 2.45) is 0 Å². The second-order valence-electron chi connectivity index (χ2n) is 6.84. The van der Waals surface area contributed by atoms with Crippen LogP contribution < -0.4 is 10.6 Å². The fourth-order valence-corrected chi connectivity index (χ4v) is 3.34. The maximum atomic E-state index is 13.3. The molecule has 0 atom stereocenters. The fourth-order valence-electron chi connectivity index (χ4n) is 3.34. The number of benzene rings is 3. The summed E-state index contributed by atoms with van der Waals surface area (Å²) in [5.74, 6) is -0.973. The number of anilines is 3. The minimum Gasteiger partial charge on any atom is -0.355 e. The molecule has 142 valence electrons. The van der Waals surface area contributed by atoms with E-state index in [1.54, 1.807) is 43.3 Å². The fraction of sp³-hybridized carbons (Fsp3) is 0.0417. The van der Waals surface area contributed by atoms with Crippen molar-refractivity contribution in [3.63, 3.8) is 0 Å². The minimum atomic E-state index is -0.407. The molecule has 0 heterocycles. The van der Waals surface area contributed by atoms with Gasteiger partial charge in [0.1, 0.15) is 0 Å². The lowest BCUT2D eigenvalue weighted by atomic mass is 9.82. The van der Waals surface area contributed by atoms with Gasteiger partial charge in [0.15, 0.2) is 11.6 Å². The SMILES string of the molecule is C=C(C)C(=O)Nc1ccc(Nc2ccccc2)c2c1C(=O)c1ccccc1C2=O. The van der Waals surface area contributed by atoms with Crippen molar-refractivity contribution in [3.8, 4) is 0 Å². The molecule has 3 aromatic carbocycles. The third-order valence-corrected chi connectivity index (χ3v) is 4.76. The van der Waals surface area contributed by atoms with Crippen LogP contribution in [0.2, 0.25) is 0 Å². The Hall–Kier alpha value is -3.99. The van der Waals surface area contributed by atoms with Gasteiger partial charge in [-0.1, -0.05) is 49.0 Å². The summed E-state index contributed by atoms with van der Waals surface area (Å²) in [4.78, 5) is 38.8. The van der Waals surface area contributed by atoms with Gasteiger partial charge >= 0.3 is 0 Å². The van der Waals surface area contributed by atoms with E-state index < -0.39 is 5.91 Å². The maximum absolute atomic E-state index is 13.3. The topological polar surface area (TPSA) is 75.3 Å². The number of hydrogen-bond acceptors (Lipinski definition) is 4. The highest BCUT2D eigenvalue weighted by Crippen LogP contribution is 2.37. The average Bonchev–Trinajstić information content (AvgIpc) is 2.73. The second kappa shape index (κ2) is 7.20. The number of rotatable bonds is 4. The minimum absolute atomic E-state index is 0.184. The molecule has 1 aliphatic carbocycles. The lowest BCUT2D eigenvalue weighted by Crippen LogP contribution is -2.25. The Labute approximate surface area is 168 Å². The van der Waals surface area contributed by atoms with Crippen LogP contribution in [0.3, 0.4) is 0 Å². The van der Waals surface area contributed by atoms with E-state index in [0.29, 0.717) is 28.1 Å². The molecule has 0 bridgehead atoms. The molecule has 0 fully saturated rings. The van der Waals surface area contributed by atoms with E-state index in [0.717, 1.165) is 5.69 Å². The van der Waals surface area contributed by atoms with E-state index in [4.69, 9.17) is 0 Å². The number of hydrogen-bond donors (Lipinski definition) is 2. The lowest BCUT2D eigenvalue weighted by Gasteiger charge is -2.23. The highest BCUT2D eigenvalue weighted by molar-refractivity contribution is 6.32. The molecular formula is C24H18N2O3. The van der Waals surface area contributed by atoms with Gasteiger partial charge in [0.25, 0.3) is 5.91 Å². The van der Waals surface area contributed by atoms with Crippen LogP contribution in [0.25, 0.3) is 0 Å². The average molecular weight is 382 g/mol. The van der Waals surface area contributed by atoms with E-state index in [1.165, 1.54) is 0 Å². The zero-order valence-electron chi connectivity index (χ0n) is 15.8. The smallest absolute Gasteiger partial charge is 0.250 e. The molecule has 3 aromatic rings. The number of carbonyl (C=O) groups is 3. The molecule has 1 amide bonds. The first kappa shape index (κ1) is 18.4. The van der Waals surface area contributed by atoms with Crippen LogP contribution in [0.1, 0.15) is 38.8 Å². The quantitative estimate of drug-likeness (QED) is 0.501. The van der Waals surface area contributed by atoms with Gasteiger partial charge in [-0.2, -0.15) is 0 Å². The van der Waals surface area contributed by atoms with Gasteiger partial charge in [0.05, 0.1) is 22.5 Å². The third-order valence-electron chi connectivity index (χ3n) is 4.76. The summed E-state index contributed by atoms with van der Waals surface area (Å²) in [5, 5.41) is 5.92. The maximum Gasteiger partial charge on any atom is 0.250 e. The first-order chi connectivity index (χ1) is 14.0. The lowest BCUT2D eigenvalue weighted by molar-refractivity contribution is -0.112. The van der Waals surface area contributed by atoms with E-state index in [2.05, 4.69) is 17.2 Å². The van der Waals surface area contributed by atoms with Crippen molar-refractivity contribution in [2.75, 3.05) is 10.6 Å². The van der Waals surface area contributed by atoms with Crippen LogP contribution >= 0.6 is 0 Å². The molecule has 5 heteroatoms. The summed E-state index contributed by atoms with van der Waals surface area (Å²) >= 11 is 0. The van der Waals surface area contributed by atoms with Crippen LogP contribution in [-0.2, 0) is 4.79 Å². The molecule has 0 radical (unpaired) electrons. The van der Waals surface area contributed by atoms with E-state index in [-0.39, 0.29) is 22.7 Å². The Morgan fingerprint density at radius 1 is 0.759 bits per heavy atom. The van der Waals surface area contributed by atoms with Gasteiger partial charge in [-0.25, -0.2) is 0 Å². The Bertz CT molecular complexity index is 1180. The van der Waals surface area contributed by atoms with Crippen molar-refractivity contribution < 1.29 is 14.4 Å². The standard InChI is InChI=1S/C24H18N2O3/c1-14(2)24(29)26-19-13-12-18(25-15-8-4-3-5-9-15)20-21(19)23(28)17-11-7-6-10-16(17)22(20)27/h3-13,25H,1H2,2H3,(H,26,29). The molecule has 4 rings (SSSR count). The normalized spacial score (nSPS) is 12.0. The van der Waals surface area contributed by atoms with Crippen LogP contribution in [0.5, 0.6) is 0 Å². The summed E-state index contributed by atoms with van der Waals surface area (Å²) in [6, 6.07) is 19.4. The summed E-state index contributed by atoms with van der Waals surface area (Å²) in [6.07, 6.45) is 0. The number of carbonyl (C=O) groups excluding carboxylic acids is 3. The molecule has 1 aliphatic rings. The summed E-state index contributed by atoms with van der Waals surface area (Å²) in [6.45, 7) is 5.21. The highest BCUT2D eigenvalue weighted by atomic mass is 16.2. The molecule has 0 saturated heterocycles. The molecule has 0 unspecified atom stereocenters. The molecule has 29 heavy (non-hydrogen) atoms. The number of amides is 1. The second-order valence-corrected chi connectivity index (χ2v) is 6.84. The predicted molar refractivity (Wildman–Crippen MR) is 113 cm³/mol. The molecule has 0 aromatic heterocycles. The molecule has 5 nitrogen and oxygen atoms in total.